The van der Waals surface area contributed by atoms with Crippen molar-refractivity contribution in [1.82, 2.24) is 0 Å². The zero-order chi connectivity index (χ0) is 6.91. The van der Waals surface area contributed by atoms with E-state index in [1.807, 2.05) is 11.8 Å². The molecular formula is C7H14OS. The molecule has 2 heteroatoms. The van der Waals surface area contributed by atoms with E-state index in [1.54, 1.807) is 0 Å². The van der Waals surface area contributed by atoms with Crippen LogP contribution in [-0.4, -0.2) is 17.3 Å². The van der Waals surface area contributed by atoms with E-state index in [9.17, 15) is 0 Å². The Labute approximate surface area is 61.2 Å². The molecule has 0 saturated carbocycles. The van der Waals surface area contributed by atoms with Crippen molar-refractivity contribution >= 4 is 11.8 Å². The molecule has 9 heavy (non-hydrogen) atoms. The Balaban J connectivity index is 2.51. The van der Waals surface area contributed by atoms with Gasteiger partial charge in [0.15, 0.2) is 0 Å². The number of rotatable bonds is 1. The zero-order valence-corrected chi connectivity index (χ0v) is 7.12. The van der Waals surface area contributed by atoms with Crippen molar-refractivity contribution in [1.29, 1.82) is 0 Å². The summed E-state index contributed by atoms with van der Waals surface area (Å²) in [5.74, 6) is 1.79. The average molecular weight is 146 g/mol. The molecule has 1 heterocycles. The summed E-state index contributed by atoms with van der Waals surface area (Å²) in [5.41, 5.74) is 0. The van der Waals surface area contributed by atoms with Crippen LogP contribution in [0.15, 0.2) is 0 Å². The van der Waals surface area contributed by atoms with Gasteiger partial charge in [-0.25, -0.2) is 0 Å². The van der Waals surface area contributed by atoms with Gasteiger partial charge in [-0.15, -0.1) is 11.8 Å². The Morgan fingerprint density at radius 2 is 2.22 bits per heavy atom. The molecule has 0 aromatic carbocycles. The summed E-state index contributed by atoms with van der Waals surface area (Å²) < 4.78 is 5.56. The summed E-state index contributed by atoms with van der Waals surface area (Å²) in [4.78, 5) is 0.111. The Morgan fingerprint density at radius 1 is 1.56 bits per heavy atom. The number of hydrogen-bond acceptors (Lipinski definition) is 2. The predicted octanol–water partition coefficient (Wildman–Crippen LogP) is 2.12. The molecular weight excluding hydrogens is 132 g/mol. The molecule has 0 radical (unpaired) electrons. The second kappa shape index (κ2) is 2.51. The SMILES string of the molecule is CC(C)[C@]1(C)OCCS1. The van der Waals surface area contributed by atoms with Gasteiger partial charge in [-0.2, -0.15) is 0 Å². The Morgan fingerprint density at radius 3 is 2.44 bits per heavy atom. The molecule has 0 bridgehead atoms. The van der Waals surface area contributed by atoms with Crippen molar-refractivity contribution < 1.29 is 4.74 Å². The maximum Gasteiger partial charge on any atom is 0.113 e. The summed E-state index contributed by atoms with van der Waals surface area (Å²) in [7, 11) is 0. The summed E-state index contributed by atoms with van der Waals surface area (Å²) in [6, 6.07) is 0. The molecule has 1 fully saturated rings. The molecule has 0 aromatic heterocycles. The molecule has 1 nitrogen and oxygen atoms in total. The van der Waals surface area contributed by atoms with Gasteiger partial charge in [0.05, 0.1) is 6.61 Å². The van der Waals surface area contributed by atoms with Crippen LogP contribution in [0.2, 0.25) is 0 Å². The molecule has 1 rings (SSSR count). The normalized spacial score (nSPS) is 36.0. The van der Waals surface area contributed by atoms with Gasteiger partial charge in [-0.1, -0.05) is 13.8 Å². The smallest absolute Gasteiger partial charge is 0.113 e. The molecule has 0 unspecified atom stereocenters. The highest BCUT2D eigenvalue weighted by atomic mass is 32.2. The second-order valence-corrected chi connectivity index (χ2v) is 4.38. The standard InChI is InChI=1S/C7H14OS/c1-6(2)7(3)8-4-5-9-7/h6H,4-5H2,1-3H3/t7-/m1/s1. The minimum atomic E-state index is 0.111. The number of thioether (sulfide) groups is 1. The van der Waals surface area contributed by atoms with Crippen molar-refractivity contribution in [3.05, 3.63) is 0 Å². The molecule has 0 spiro atoms. The third-order valence-corrected chi connectivity index (χ3v) is 3.44. The first-order valence-electron chi connectivity index (χ1n) is 3.43. The van der Waals surface area contributed by atoms with E-state index < -0.39 is 0 Å². The van der Waals surface area contributed by atoms with Gasteiger partial charge in [0.1, 0.15) is 4.93 Å². The molecule has 0 aromatic rings. The van der Waals surface area contributed by atoms with Gasteiger partial charge in [-0.05, 0) is 12.8 Å². The topological polar surface area (TPSA) is 9.23 Å². The monoisotopic (exact) mass is 146 g/mol. The van der Waals surface area contributed by atoms with E-state index in [2.05, 4.69) is 20.8 Å². The fraction of sp³-hybridized carbons (Fsp3) is 1.00. The van der Waals surface area contributed by atoms with Gasteiger partial charge in [0, 0.05) is 5.75 Å². The van der Waals surface area contributed by atoms with Gasteiger partial charge in [0.2, 0.25) is 0 Å². The minimum absolute atomic E-state index is 0.111. The lowest BCUT2D eigenvalue weighted by Crippen LogP contribution is -2.26. The van der Waals surface area contributed by atoms with Crippen LogP contribution in [0.25, 0.3) is 0 Å². The first-order chi connectivity index (χ1) is 4.15. The van der Waals surface area contributed by atoms with Crippen LogP contribution >= 0.6 is 11.8 Å². The van der Waals surface area contributed by atoms with Crippen LogP contribution in [0.4, 0.5) is 0 Å². The third kappa shape index (κ3) is 1.41. The van der Waals surface area contributed by atoms with Gasteiger partial charge >= 0.3 is 0 Å². The van der Waals surface area contributed by atoms with Crippen molar-refractivity contribution in [3.63, 3.8) is 0 Å². The maximum absolute atomic E-state index is 5.56. The van der Waals surface area contributed by atoms with Gasteiger partial charge in [0.25, 0.3) is 0 Å². The maximum atomic E-state index is 5.56. The molecule has 1 aliphatic rings. The molecule has 0 N–H and O–H groups in total. The van der Waals surface area contributed by atoms with Crippen LogP contribution in [0.5, 0.6) is 0 Å². The summed E-state index contributed by atoms with van der Waals surface area (Å²) >= 11 is 1.93. The van der Waals surface area contributed by atoms with Crippen LogP contribution < -0.4 is 0 Å². The quantitative estimate of drug-likeness (QED) is 0.560. The van der Waals surface area contributed by atoms with Crippen LogP contribution in [0.1, 0.15) is 20.8 Å². The third-order valence-electron chi connectivity index (χ3n) is 1.91. The van der Waals surface area contributed by atoms with E-state index in [1.165, 1.54) is 0 Å². The highest BCUT2D eigenvalue weighted by molar-refractivity contribution is 8.00. The highest BCUT2D eigenvalue weighted by Crippen LogP contribution is 2.38. The number of hydrogen-bond donors (Lipinski definition) is 0. The first-order valence-corrected chi connectivity index (χ1v) is 4.41. The molecule has 54 valence electrons. The number of ether oxygens (including phenoxy) is 1. The summed E-state index contributed by atoms with van der Waals surface area (Å²) in [6.07, 6.45) is 0. The van der Waals surface area contributed by atoms with Crippen molar-refractivity contribution in [2.45, 2.75) is 25.7 Å². The van der Waals surface area contributed by atoms with E-state index in [0.717, 1.165) is 12.4 Å². The largest absolute Gasteiger partial charge is 0.364 e. The average Bonchev–Trinajstić information content (AvgIpc) is 2.16. The summed E-state index contributed by atoms with van der Waals surface area (Å²) in [5, 5.41) is 0. The Kier molecular flexibility index (Phi) is 2.07. The lowest BCUT2D eigenvalue weighted by molar-refractivity contribution is 0.0317. The molecule has 0 amide bonds. The predicted molar refractivity (Wildman–Crippen MR) is 41.7 cm³/mol. The zero-order valence-electron chi connectivity index (χ0n) is 6.31. The second-order valence-electron chi connectivity index (χ2n) is 2.87. The van der Waals surface area contributed by atoms with Gasteiger partial charge in [-0.3, -0.25) is 0 Å². The fourth-order valence-electron chi connectivity index (χ4n) is 0.864. The first kappa shape index (κ1) is 7.42. The molecule has 1 aliphatic heterocycles. The van der Waals surface area contributed by atoms with Crippen molar-refractivity contribution in [2.24, 2.45) is 5.92 Å². The molecule has 0 aliphatic carbocycles. The van der Waals surface area contributed by atoms with E-state index in [0.29, 0.717) is 5.92 Å². The van der Waals surface area contributed by atoms with Crippen LogP contribution in [0.3, 0.4) is 0 Å². The van der Waals surface area contributed by atoms with E-state index in [4.69, 9.17) is 4.74 Å². The van der Waals surface area contributed by atoms with Crippen molar-refractivity contribution in [2.75, 3.05) is 12.4 Å². The lowest BCUT2D eigenvalue weighted by Gasteiger charge is -2.26. The van der Waals surface area contributed by atoms with E-state index in [-0.39, 0.29) is 4.93 Å². The van der Waals surface area contributed by atoms with Crippen LogP contribution in [-0.2, 0) is 4.74 Å². The Bertz CT molecular complexity index is 95.1. The lowest BCUT2D eigenvalue weighted by atomic mass is 10.1. The molecule has 1 atom stereocenters. The summed E-state index contributed by atoms with van der Waals surface area (Å²) in [6.45, 7) is 7.52. The highest BCUT2D eigenvalue weighted by Gasteiger charge is 2.33. The Hall–Kier alpha value is 0.310. The van der Waals surface area contributed by atoms with Crippen LogP contribution in [0, 0.1) is 5.92 Å². The van der Waals surface area contributed by atoms with E-state index >= 15 is 0 Å². The van der Waals surface area contributed by atoms with Gasteiger partial charge < -0.3 is 4.74 Å². The fourth-order valence-corrected chi connectivity index (χ4v) is 1.94. The van der Waals surface area contributed by atoms with Crippen molar-refractivity contribution in [3.8, 4) is 0 Å². The molecule has 1 saturated heterocycles. The minimum Gasteiger partial charge on any atom is -0.364 e.